The molecule has 112 valence electrons. The molecule has 0 aliphatic carbocycles. The van der Waals surface area contributed by atoms with E-state index in [-0.39, 0.29) is 5.41 Å². The Morgan fingerprint density at radius 3 is 2.29 bits per heavy atom. The van der Waals surface area contributed by atoms with Gasteiger partial charge in [0.2, 0.25) is 10.0 Å². The van der Waals surface area contributed by atoms with E-state index in [1.807, 2.05) is 36.4 Å². The van der Waals surface area contributed by atoms with E-state index in [1.54, 1.807) is 10.4 Å². The number of rotatable bonds is 2. The molecule has 2 aromatic rings. The second kappa shape index (κ2) is 5.11. The molecule has 1 heterocycles. The van der Waals surface area contributed by atoms with Crippen LogP contribution in [0.5, 0.6) is 0 Å². The summed E-state index contributed by atoms with van der Waals surface area (Å²) in [5.74, 6) is 0. The molecular formula is C17H21NO2S. The lowest BCUT2D eigenvalue weighted by Gasteiger charge is -2.36. The number of hydrogen-bond donors (Lipinski definition) is 0. The fourth-order valence-electron chi connectivity index (χ4n) is 2.89. The highest BCUT2D eigenvalue weighted by Crippen LogP contribution is 2.33. The first-order valence-corrected chi connectivity index (χ1v) is 8.82. The summed E-state index contributed by atoms with van der Waals surface area (Å²) in [6, 6.07) is 13.2. The quantitative estimate of drug-likeness (QED) is 0.849. The Kier molecular flexibility index (Phi) is 3.54. The second-order valence-electron chi connectivity index (χ2n) is 6.55. The first-order chi connectivity index (χ1) is 9.90. The maximum absolute atomic E-state index is 12.9. The van der Waals surface area contributed by atoms with E-state index in [9.17, 15) is 8.42 Å². The third-order valence-electron chi connectivity index (χ3n) is 4.44. The zero-order valence-electron chi connectivity index (χ0n) is 12.5. The fourth-order valence-corrected chi connectivity index (χ4v) is 4.55. The number of sulfonamides is 1. The minimum atomic E-state index is -3.41. The summed E-state index contributed by atoms with van der Waals surface area (Å²) >= 11 is 0. The molecule has 0 radical (unpaired) electrons. The first-order valence-electron chi connectivity index (χ1n) is 7.38. The van der Waals surface area contributed by atoms with Gasteiger partial charge < -0.3 is 0 Å². The summed E-state index contributed by atoms with van der Waals surface area (Å²) in [7, 11) is -3.41. The van der Waals surface area contributed by atoms with Crippen molar-refractivity contribution < 1.29 is 8.42 Å². The smallest absolute Gasteiger partial charge is 0.207 e. The fraction of sp³-hybridized carbons (Fsp3) is 0.412. The maximum atomic E-state index is 12.9. The zero-order valence-corrected chi connectivity index (χ0v) is 13.4. The third-order valence-corrected chi connectivity index (χ3v) is 6.40. The van der Waals surface area contributed by atoms with Crippen LogP contribution in [0, 0.1) is 5.41 Å². The van der Waals surface area contributed by atoms with Crippen molar-refractivity contribution in [2.75, 3.05) is 13.1 Å². The van der Waals surface area contributed by atoms with Crippen molar-refractivity contribution >= 4 is 20.8 Å². The van der Waals surface area contributed by atoms with Crippen molar-refractivity contribution in [2.45, 2.75) is 31.6 Å². The monoisotopic (exact) mass is 303 g/mol. The lowest BCUT2D eigenvalue weighted by molar-refractivity contribution is 0.196. The molecule has 0 unspecified atom stereocenters. The van der Waals surface area contributed by atoms with E-state index >= 15 is 0 Å². The molecule has 0 aromatic heterocycles. The van der Waals surface area contributed by atoms with Crippen LogP contribution in [-0.4, -0.2) is 25.8 Å². The van der Waals surface area contributed by atoms with Gasteiger partial charge in [-0.3, -0.25) is 0 Å². The van der Waals surface area contributed by atoms with Crippen molar-refractivity contribution in [3.63, 3.8) is 0 Å². The predicted molar refractivity (Wildman–Crippen MR) is 85.7 cm³/mol. The Labute approximate surface area is 126 Å². The molecule has 0 bridgehead atoms. The van der Waals surface area contributed by atoms with Crippen molar-refractivity contribution in [1.82, 2.24) is 4.31 Å². The van der Waals surface area contributed by atoms with Gasteiger partial charge in [0.25, 0.3) is 0 Å². The summed E-state index contributed by atoms with van der Waals surface area (Å²) < 4.78 is 27.5. The van der Waals surface area contributed by atoms with E-state index in [1.165, 1.54) is 0 Å². The van der Waals surface area contributed by atoms with Crippen LogP contribution >= 0.6 is 0 Å². The highest BCUT2D eigenvalue weighted by atomic mass is 32.2. The standard InChI is InChI=1S/C17H21NO2S/c1-17(2)10-12-18(13-11-17)21(19,20)16-9-5-7-14-6-3-4-8-15(14)16/h3-9H,10-13H2,1-2H3. The van der Waals surface area contributed by atoms with Crippen LogP contribution in [0.15, 0.2) is 47.4 Å². The molecule has 0 spiro atoms. The Hall–Kier alpha value is -1.39. The van der Waals surface area contributed by atoms with Gasteiger partial charge in [-0.2, -0.15) is 4.31 Å². The number of fused-ring (bicyclic) bond motifs is 1. The molecule has 21 heavy (non-hydrogen) atoms. The van der Waals surface area contributed by atoms with Crippen LogP contribution < -0.4 is 0 Å². The van der Waals surface area contributed by atoms with Gasteiger partial charge in [0.05, 0.1) is 4.90 Å². The van der Waals surface area contributed by atoms with E-state index < -0.39 is 10.0 Å². The molecule has 0 saturated carbocycles. The van der Waals surface area contributed by atoms with Gasteiger partial charge in [-0.05, 0) is 29.7 Å². The van der Waals surface area contributed by atoms with Crippen molar-refractivity contribution in [3.05, 3.63) is 42.5 Å². The Bertz CT molecular complexity index is 750. The Morgan fingerprint density at radius 2 is 1.57 bits per heavy atom. The van der Waals surface area contributed by atoms with E-state index in [0.29, 0.717) is 18.0 Å². The minimum Gasteiger partial charge on any atom is -0.207 e. The average molecular weight is 303 g/mol. The van der Waals surface area contributed by atoms with E-state index in [4.69, 9.17) is 0 Å². The van der Waals surface area contributed by atoms with Crippen LogP contribution in [-0.2, 0) is 10.0 Å². The number of piperidine rings is 1. The van der Waals surface area contributed by atoms with Gasteiger partial charge in [0, 0.05) is 18.5 Å². The minimum absolute atomic E-state index is 0.241. The largest absolute Gasteiger partial charge is 0.243 e. The molecule has 3 nitrogen and oxygen atoms in total. The second-order valence-corrected chi connectivity index (χ2v) is 8.45. The summed E-state index contributed by atoms with van der Waals surface area (Å²) in [4.78, 5) is 0.431. The molecule has 1 aliphatic heterocycles. The van der Waals surface area contributed by atoms with Crippen LogP contribution in [0.2, 0.25) is 0 Å². The summed E-state index contributed by atoms with van der Waals surface area (Å²) in [6.07, 6.45) is 1.83. The third kappa shape index (κ3) is 2.70. The normalized spacial score (nSPS) is 19.7. The van der Waals surface area contributed by atoms with E-state index in [2.05, 4.69) is 13.8 Å². The SMILES string of the molecule is CC1(C)CCN(S(=O)(=O)c2cccc3ccccc23)CC1. The number of nitrogens with zero attached hydrogens (tertiary/aromatic N) is 1. The van der Waals surface area contributed by atoms with Crippen molar-refractivity contribution in [2.24, 2.45) is 5.41 Å². The predicted octanol–water partition coefficient (Wildman–Crippen LogP) is 3.65. The van der Waals surface area contributed by atoms with Gasteiger partial charge in [0.15, 0.2) is 0 Å². The van der Waals surface area contributed by atoms with Gasteiger partial charge in [0.1, 0.15) is 0 Å². The van der Waals surface area contributed by atoms with Gasteiger partial charge >= 0.3 is 0 Å². The maximum Gasteiger partial charge on any atom is 0.243 e. The van der Waals surface area contributed by atoms with Crippen molar-refractivity contribution in [3.8, 4) is 0 Å². The Morgan fingerprint density at radius 1 is 0.952 bits per heavy atom. The number of benzene rings is 2. The van der Waals surface area contributed by atoms with Crippen LogP contribution in [0.1, 0.15) is 26.7 Å². The molecule has 4 heteroatoms. The summed E-state index contributed by atoms with van der Waals surface area (Å²) in [5.41, 5.74) is 0.241. The molecule has 2 aromatic carbocycles. The summed E-state index contributed by atoms with van der Waals surface area (Å²) in [5, 5.41) is 1.78. The number of hydrogen-bond acceptors (Lipinski definition) is 2. The van der Waals surface area contributed by atoms with Gasteiger partial charge in [-0.1, -0.05) is 50.2 Å². The van der Waals surface area contributed by atoms with Crippen molar-refractivity contribution in [1.29, 1.82) is 0 Å². The van der Waals surface area contributed by atoms with Crippen LogP contribution in [0.4, 0.5) is 0 Å². The zero-order chi connectivity index (χ0) is 15.1. The topological polar surface area (TPSA) is 37.4 Å². The summed E-state index contributed by atoms with van der Waals surface area (Å²) in [6.45, 7) is 5.63. The van der Waals surface area contributed by atoms with Crippen LogP contribution in [0.3, 0.4) is 0 Å². The Balaban J connectivity index is 2.02. The highest BCUT2D eigenvalue weighted by molar-refractivity contribution is 7.89. The molecule has 1 saturated heterocycles. The molecule has 0 N–H and O–H groups in total. The molecular weight excluding hydrogens is 282 g/mol. The van der Waals surface area contributed by atoms with E-state index in [0.717, 1.165) is 23.6 Å². The first kappa shape index (κ1) is 14.5. The van der Waals surface area contributed by atoms with Crippen LogP contribution in [0.25, 0.3) is 10.8 Å². The molecule has 3 rings (SSSR count). The van der Waals surface area contributed by atoms with Gasteiger partial charge in [-0.15, -0.1) is 0 Å². The molecule has 0 amide bonds. The lowest BCUT2D eigenvalue weighted by Crippen LogP contribution is -2.41. The highest BCUT2D eigenvalue weighted by Gasteiger charge is 2.33. The van der Waals surface area contributed by atoms with Gasteiger partial charge in [-0.25, -0.2) is 8.42 Å². The average Bonchev–Trinajstić information content (AvgIpc) is 2.46. The molecule has 1 fully saturated rings. The molecule has 0 atom stereocenters. The lowest BCUT2D eigenvalue weighted by atomic mass is 9.83. The molecule has 1 aliphatic rings.